The van der Waals surface area contributed by atoms with Gasteiger partial charge in [-0.25, -0.2) is 0 Å². The zero-order valence-corrected chi connectivity index (χ0v) is 14.1. The van der Waals surface area contributed by atoms with Crippen molar-refractivity contribution in [2.45, 2.75) is 32.7 Å². The van der Waals surface area contributed by atoms with Crippen molar-refractivity contribution in [3.8, 4) is 0 Å². The molecule has 1 aliphatic rings. The van der Waals surface area contributed by atoms with Gasteiger partial charge in [0.05, 0.1) is 23.3 Å². The first kappa shape index (κ1) is 16.6. The van der Waals surface area contributed by atoms with Gasteiger partial charge in [-0.15, -0.1) is 0 Å². The Labute approximate surface area is 142 Å². The van der Waals surface area contributed by atoms with E-state index in [4.69, 9.17) is 0 Å². The molecule has 1 aliphatic heterocycles. The summed E-state index contributed by atoms with van der Waals surface area (Å²) < 4.78 is 0. The Morgan fingerprint density at radius 3 is 2.75 bits per heavy atom. The van der Waals surface area contributed by atoms with E-state index >= 15 is 0 Å². The molecular weight excluding hydrogens is 302 g/mol. The van der Waals surface area contributed by atoms with E-state index in [0.29, 0.717) is 6.54 Å². The third-order valence-electron chi connectivity index (χ3n) is 4.57. The fourth-order valence-electron chi connectivity index (χ4n) is 3.33. The lowest BCUT2D eigenvalue weighted by Crippen LogP contribution is -2.41. The second-order valence-corrected chi connectivity index (χ2v) is 6.54. The zero-order chi connectivity index (χ0) is 17.1. The number of likely N-dealkylation sites (tertiary alicyclic amines) is 1. The van der Waals surface area contributed by atoms with Crippen molar-refractivity contribution in [2.75, 3.05) is 13.1 Å². The largest absolute Gasteiger partial charge is 0.481 e. The maximum atomic E-state index is 11.4. The number of carboxylic acid groups (broad SMARTS) is 1. The summed E-state index contributed by atoms with van der Waals surface area (Å²) in [6.45, 7) is 5.38. The molecule has 1 fully saturated rings. The van der Waals surface area contributed by atoms with Crippen LogP contribution < -0.4 is 0 Å². The van der Waals surface area contributed by atoms with Gasteiger partial charge in [-0.05, 0) is 57.0 Å². The fraction of sp³-hybridized carbons (Fsp3) is 0.421. The molecule has 2 aromatic rings. The Morgan fingerprint density at radius 1 is 1.25 bits per heavy atom. The fourth-order valence-corrected chi connectivity index (χ4v) is 3.33. The molecule has 1 N–H and O–H groups in total. The van der Waals surface area contributed by atoms with Crippen molar-refractivity contribution in [1.82, 2.24) is 14.9 Å². The highest BCUT2D eigenvalue weighted by Gasteiger charge is 2.32. The van der Waals surface area contributed by atoms with Crippen molar-refractivity contribution >= 4 is 5.97 Å². The molecule has 3 heterocycles. The van der Waals surface area contributed by atoms with E-state index in [0.717, 1.165) is 42.0 Å². The SMILES string of the molecule is Cc1ccc(C(c2cccc(C)n2)N2CCCC(C(=O)O)C2)nc1. The Kier molecular flexibility index (Phi) is 4.90. The van der Waals surface area contributed by atoms with Crippen molar-refractivity contribution < 1.29 is 9.90 Å². The van der Waals surface area contributed by atoms with Crippen LogP contribution in [0.5, 0.6) is 0 Å². The lowest BCUT2D eigenvalue weighted by Gasteiger charge is -2.36. The van der Waals surface area contributed by atoms with Gasteiger partial charge in [0.15, 0.2) is 0 Å². The first-order valence-corrected chi connectivity index (χ1v) is 8.37. The molecular formula is C19H23N3O2. The Bertz CT molecular complexity index is 715. The standard InChI is InChI=1S/C19H23N3O2/c1-13-8-9-16(20-11-13)18(17-7-3-5-14(2)21-17)22-10-4-6-15(12-22)19(23)24/h3,5,7-9,11,15,18H,4,6,10,12H2,1-2H3,(H,23,24). The summed E-state index contributed by atoms with van der Waals surface area (Å²) in [6.07, 6.45) is 3.48. The molecule has 2 atom stereocenters. The first-order valence-electron chi connectivity index (χ1n) is 8.37. The molecule has 5 nitrogen and oxygen atoms in total. The van der Waals surface area contributed by atoms with Crippen LogP contribution in [0.1, 0.15) is 41.5 Å². The summed E-state index contributed by atoms with van der Waals surface area (Å²) in [6, 6.07) is 9.94. The Morgan fingerprint density at radius 2 is 2.08 bits per heavy atom. The van der Waals surface area contributed by atoms with Crippen molar-refractivity contribution in [3.05, 3.63) is 59.2 Å². The molecule has 3 rings (SSSR count). The quantitative estimate of drug-likeness (QED) is 0.936. The number of aryl methyl sites for hydroxylation is 2. The van der Waals surface area contributed by atoms with Gasteiger partial charge in [0.25, 0.3) is 0 Å². The van der Waals surface area contributed by atoms with Crippen LogP contribution in [0.2, 0.25) is 0 Å². The predicted octanol–water partition coefficient (Wildman–Crippen LogP) is 2.98. The van der Waals surface area contributed by atoms with E-state index in [1.165, 1.54) is 0 Å². The predicted molar refractivity (Wildman–Crippen MR) is 91.7 cm³/mol. The molecule has 0 amide bonds. The summed E-state index contributed by atoms with van der Waals surface area (Å²) >= 11 is 0. The number of rotatable bonds is 4. The van der Waals surface area contributed by atoms with Gasteiger partial charge in [-0.3, -0.25) is 19.7 Å². The van der Waals surface area contributed by atoms with Gasteiger partial charge in [0.2, 0.25) is 0 Å². The number of carbonyl (C=O) groups is 1. The van der Waals surface area contributed by atoms with Crippen LogP contribution in [0.4, 0.5) is 0 Å². The second-order valence-electron chi connectivity index (χ2n) is 6.54. The minimum absolute atomic E-state index is 0.104. The number of aliphatic carboxylic acids is 1. The molecule has 2 unspecified atom stereocenters. The molecule has 0 spiro atoms. The lowest BCUT2D eigenvalue weighted by molar-refractivity contribution is -0.143. The van der Waals surface area contributed by atoms with Crippen LogP contribution in [0.3, 0.4) is 0 Å². The molecule has 0 saturated carbocycles. The van der Waals surface area contributed by atoms with E-state index in [2.05, 4.69) is 14.9 Å². The Balaban J connectivity index is 1.98. The minimum atomic E-state index is -0.715. The highest BCUT2D eigenvalue weighted by Crippen LogP contribution is 2.31. The van der Waals surface area contributed by atoms with Crippen molar-refractivity contribution in [3.63, 3.8) is 0 Å². The molecule has 0 aliphatic carbocycles. The van der Waals surface area contributed by atoms with Crippen LogP contribution in [-0.2, 0) is 4.79 Å². The highest BCUT2D eigenvalue weighted by molar-refractivity contribution is 5.70. The average Bonchev–Trinajstić information content (AvgIpc) is 2.57. The van der Waals surface area contributed by atoms with Crippen LogP contribution in [-0.4, -0.2) is 39.0 Å². The number of piperidine rings is 1. The van der Waals surface area contributed by atoms with E-state index in [1.54, 1.807) is 0 Å². The summed E-state index contributed by atoms with van der Waals surface area (Å²) in [5.74, 6) is -1.04. The smallest absolute Gasteiger partial charge is 0.307 e. The summed E-state index contributed by atoms with van der Waals surface area (Å²) in [5, 5.41) is 9.40. The first-order chi connectivity index (χ1) is 11.5. The van der Waals surface area contributed by atoms with Crippen LogP contribution in [0.25, 0.3) is 0 Å². The minimum Gasteiger partial charge on any atom is -0.481 e. The number of hydrogen-bond acceptors (Lipinski definition) is 4. The maximum Gasteiger partial charge on any atom is 0.307 e. The average molecular weight is 325 g/mol. The van der Waals surface area contributed by atoms with Crippen molar-refractivity contribution in [1.29, 1.82) is 0 Å². The molecule has 0 radical (unpaired) electrons. The summed E-state index contributed by atoms with van der Waals surface area (Å²) in [5.41, 5.74) is 3.91. The highest BCUT2D eigenvalue weighted by atomic mass is 16.4. The molecule has 5 heteroatoms. The van der Waals surface area contributed by atoms with Gasteiger partial charge in [0.1, 0.15) is 0 Å². The van der Waals surface area contributed by atoms with Crippen LogP contribution in [0.15, 0.2) is 36.5 Å². The van der Waals surface area contributed by atoms with Gasteiger partial charge < -0.3 is 5.11 Å². The number of aromatic nitrogens is 2. The number of hydrogen-bond donors (Lipinski definition) is 1. The van der Waals surface area contributed by atoms with Crippen LogP contribution in [0, 0.1) is 19.8 Å². The van der Waals surface area contributed by atoms with E-state index < -0.39 is 5.97 Å². The van der Waals surface area contributed by atoms with Crippen molar-refractivity contribution in [2.24, 2.45) is 5.92 Å². The topological polar surface area (TPSA) is 66.3 Å². The monoisotopic (exact) mass is 325 g/mol. The van der Waals surface area contributed by atoms with Gasteiger partial charge >= 0.3 is 5.97 Å². The molecule has 2 aromatic heterocycles. The second kappa shape index (κ2) is 7.09. The van der Waals surface area contributed by atoms with Gasteiger partial charge in [0, 0.05) is 18.4 Å². The van der Waals surface area contributed by atoms with E-state index in [9.17, 15) is 9.90 Å². The zero-order valence-electron chi connectivity index (χ0n) is 14.1. The van der Waals surface area contributed by atoms with Gasteiger partial charge in [-0.2, -0.15) is 0 Å². The normalized spacial score (nSPS) is 19.8. The number of carboxylic acids is 1. The van der Waals surface area contributed by atoms with E-state index in [1.807, 2.05) is 50.4 Å². The Hall–Kier alpha value is -2.27. The lowest BCUT2D eigenvalue weighted by atomic mass is 9.94. The number of pyridine rings is 2. The molecule has 0 aromatic carbocycles. The number of nitrogens with zero attached hydrogens (tertiary/aromatic N) is 3. The van der Waals surface area contributed by atoms with E-state index in [-0.39, 0.29) is 12.0 Å². The van der Waals surface area contributed by atoms with Crippen LogP contribution >= 0.6 is 0 Å². The molecule has 24 heavy (non-hydrogen) atoms. The third kappa shape index (κ3) is 3.62. The summed E-state index contributed by atoms with van der Waals surface area (Å²) in [7, 11) is 0. The molecule has 126 valence electrons. The maximum absolute atomic E-state index is 11.4. The molecule has 0 bridgehead atoms. The summed E-state index contributed by atoms with van der Waals surface area (Å²) in [4.78, 5) is 22.9. The molecule has 1 saturated heterocycles. The van der Waals surface area contributed by atoms with Gasteiger partial charge in [-0.1, -0.05) is 12.1 Å². The third-order valence-corrected chi connectivity index (χ3v) is 4.57.